The van der Waals surface area contributed by atoms with E-state index in [1.165, 1.54) is 18.4 Å². The number of nitrogens with zero attached hydrogens (tertiary/aromatic N) is 2. The van der Waals surface area contributed by atoms with Crippen LogP contribution >= 0.6 is 27.5 Å². The van der Waals surface area contributed by atoms with Crippen LogP contribution in [0, 0.1) is 0 Å². The summed E-state index contributed by atoms with van der Waals surface area (Å²) in [5.74, 6) is 0. The van der Waals surface area contributed by atoms with E-state index in [1.807, 2.05) is 31.7 Å². The van der Waals surface area contributed by atoms with Gasteiger partial charge in [0.15, 0.2) is 0 Å². The predicted octanol–water partition coefficient (Wildman–Crippen LogP) is 5.47. The molecule has 1 amide bonds. The van der Waals surface area contributed by atoms with Gasteiger partial charge in [-0.15, -0.1) is 0 Å². The highest BCUT2D eigenvalue weighted by Gasteiger charge is 2.44. The summed E-state index contributed by atoms with van der Waals surface area (Å²) in [6, 6.07) is 6.17. The maximum atomic E-state index is 12.3. The molecule has 0 N–H and O–H groups in total. The minimum atomic E-state index is -0.437. The first kappa shape index (κ1) is 20.0. The summed E-state index contributed by atoms with van der Waals surface area (Å²) in [5, 5.41) is 0.746. The number of hydrogen-bond acceptors (Lipinski definition) is 3. The zero-order valence-corrected chi connectivity index (χ0v) is 18.2. The highest BCUT2D eigenvalue weighted by molar-refractivity contribution is 9.10. The minimum absolute atomic E-state index is 0.182. The molecule has 3 rings (SSSR count). The number of rotatable bonds is 2. The zero-order chi connectivity index (χ0) is 18.9. The summed E-state index contributed by atoms with van der Waals surface area (Å²) >= 11 is 9.64. The third-order valence-electron chi connectivity index (χ3n) is 5.44. The number of hydrogen-bond donors (Lipinski definition) is 0. The molecule has 0 aliphatic carbocycles. The Morgan fingerprint density at radius 3 is 2.54 bits per heavy atom. The van der Waals surface area contributed by atoms with Gasteiger partial charge in [0.25, 0.3) is 0 Å². The van der Waals surface area contributed by atoms with Gasteiger partial charge in [-0.2, -0.15) is 0 Å². The number of halogens is 2. The lowest BCUT2D eigenvalue weighted by Crippen LogP contribution is -2.53. The Labute approximate surface area is 169 Å². The Kier molecular flexibility index (Phi) is 5.90. The summed E-state index contributed by atoms with van der Waals surface area (Å²) in [6.07, 6.45) is 4.28. The van der Waals surface area contributed by atoms with Gasteiger partial charge in [0.05, 0.1) is 5.02 Å². The third kappa shape index (κ3) is 4.55. The molecule has 2 saturated heterocycles. The summed E-state index contributed by atoms with van der Waals surface area (Å²) in [7, 11) is 0. The molecular formula is C20H28BrClN2O2. The number of benzene rings is 1. The van der Waals surface area contributed by atoms with Gasteiger partial charge in [0.2, 0.25) is 0 Å². The SMILES string of the molecule is CC(C)(C)OC(=O)N1CCC2(CCCN2Cc2ccc(Cl)c(Br)c2)CC1. The average Bonchev–Trinajstić information content (AvgIpc) is 2.92. The van der Waals surface area contributed by atoms with Crippen molar-refractivity contribution in [2.45, 2.75) is 64.1 Å². The van der Waals surface area contributed by atoms with E-state index >= 15 is 0 Å². The van der Waals surface area contributed by atoms with Crippen LogP contribution in [0.15, 0.2) is 22.7 Å². The first-order valence-corrected chi connectivity index (χ1v) is 10.5. The van der Waals surface area contributed by atoms with Crippen LogP contribution in [0.4, 0.5) is 4.79 Å². The van der Waals surface area contributed by atoms with Crippen LogP contribution in [0.3, 0.4) is 0 Å². The van der Waals surface area contributed by atoms with Crippen LogP contribution in [0.25, 0.3) is 0 Å². The Bertz CT molecular complexity index is 666. The molecule has 0 unspecified atom stereocenters. The van der Waals surface area contributed by atoms with Crippen LogP contribution in [0.2, 0.25) is 5.02 Å². The second-order valence-electron chi connectivity index (χ2n) is 8.47. The molecule has 0 atom stereocenters. The molecule has 6 heteroatoms. The molecule has 2 fully saturated rings. The van der Waals surface area contributed by atoms with Crippen LogP contribution < -0.4 is 0 Å². The summed E-state index contributed by atoms with van der Waals surface area (Å²) < 4.78 is 6.48. The molecule has 0 saturated carbocycles. The minimum Gasteiger partial charge on any atom is -0.444 e. The Hall–Kier alpha value is -0.780. The quantitative estimate of drug-likeness (QED) is 0.608. The molecule has 1 aromatic rings. The van der Waals surface area contributed by atoms with Gasteiger partial charge in [-0.25, -0.2) is 4.79 Å². The van der Waals surface area contributed by atoms with Crippen molar-refractivity contribution in [3.8, 4) is 0 Å². The van der Waals surface area contributed by atoms with E-state index in [9.17, 15) is 4.79 Å². The van der Waals surface area contributed by atoms with Gasteiger partial charge in [-0.1, -0.05) is 17.7 Å². The first-order chi connectivity index (χ1) is 12.2. The van der Waals surface area contributed by atoms with E-state index in [1.54, 1.807) is 0 Å². The first-order valence-electron chi connectivity index (χ1n) is 9.35. The normalized spacial score (nSPS) is 20.6. The summed E-state index contributed by atoms with van der Waals surface area (Å²) in [4.78, 5) is 16.8. The number of piperidine rings is 1. The number of amides is 1. The van der Waals surface area contributed by atoms with Crippen LogP contribution in [0.1, 0.15) is 52.0 Å². The number of carbonyl (C=O) groups excluding carboxylic acids is 1. The molecule has 4 nitrogen and oxygen atoms in total. The second-order valence-corrected chi connectivity index (χ2v) is 9.73. The monoisotopic (exact) mass is 442 g/mol. The summed E-state index contributed by atoms with van der Waals surface area (Å²) in [5.41, 5.74) is 1.05. The molecular weight excluding hydrogens is 416 g/mol. The van der Waals surface area contributed by atoms with E-state index in [0.29, 0.717) is 0 Å². The summed E-state index contributed by atoms with van der Waals surface area (Å²) in [6.45, 7) is 9.35. The third-order valence-corrected chi connectivity index (χ3v) is 6.66. The van der Waals surface area contributed by atoms with Gasteiger partial charge in [0.1, 0.15) is 5.60 Å². The Morgan fingerprint density at radius 1 is 1.23 bits per heavy atom. The number of likely N-dealkylation sites (tertiary alicyclic amines) is 2. The van der Waals surface area contributed by atoms with Gasteiger partial charge >= 0.3 is 6.09 Å². The molecule has 0 radical (unpaired) electrons. The lowest BCUT2D eigenvalue weighted by molar-refractivity contribution is 0.00165. The fourth-order valence-corrected chi connectivity index (χ4v) is 4.64. The van der Waals surface area contributed by atoms with Gasteiger partial charge in [-0.05, 0) is 86.6 Å². The van der Waals surface area contributed by atoms with Crippen molar-refractivity contribution in [2.75, 3.05) is 19.6 Å². The zero-order valence-electron chi connectivity index (χ0n) is 15.9. The molecule has 0 bridgehead atoms. The maximum Gasteiger partial charge on any atom is 0.410 e. The van der Waals surface area contributed by atoms with Crippen molar-refractivity contribution < 1.29 is 9.53 Å². The highest BCUT2D eigenvalue weighted by Crippen LogP contribution is 2.40. The van der Waals surface area contributed by atoms with E-state index in [-0.39, 0.29) is 11.6 Å². The number of ether oxygens (including phenoxy) is 1. The van der Waals surface area contributed by atoms with Crippen LogP contribution in [-0.2, 0) is 11.3 Å². The molecule has 2 aliphatic rings. The van der Waals surface area contributed by atoms with Crippen molar-refractivity contribution in [3.05, 3.63) is 33.3 Å². The molecule has 26 heavy (non-hydrogen) atoms. The lowest BCUT2D eigenvalue weighted by atomic mass is 9.85. The fraction of sp³-hybridized carbons (Fsp3) is 0.650. The molecule has 2 heterocycles. The molecule has 0 aromatic heterocycles. The van der Waals surface area contributed by atoms with Crippen LogP contribution in [0.5, 0.6) is 0 Å². The topological polar surface area (TPSA) is 32.8 Å². The van der Waals surface area contributed by atoms with E-state index in [2.05, 4.69) is 33.0 Å². The lowest BCUT2D eigenvalue weighted by Gasteiger charge is -2.45. The Morgan fingerprint density at radius 2 is 1.92 bits per heavy atom. The predicted molar refractivity (Wildman–Crippen MR) is 109 cm³/mol. The van der Waals surface area contributed by atoms with Gasteiger partial charge in [0, 0.05) is 29.6 Å². The molecule has 1 aromatic carbocycles. The van der Waals surface area contributed by atoms with Gasteiger partial charge in [-0.3, -0.25) is 4.90 Å². The van der Waals surface area contributed by atoms with Crippen LogP contribution in [-0.4, -0.2) is 46.7 Å². The standard InChI is InChI=1S/C20H28BrClN2O2/c1-19(2,3)26-18(25)23-11-8-20(9-12-23)7-4-10-24(20)14-15-5-6-17(22)16(21)13-15/h5-6,13H,4,7-12,14H2,1-3H3. The molecule has 2 aliphatic heterocycles. The fourth-order valence-electron chi connectivity index (χ4n) is 4.10. The van der Waals surface area contributed by atoms with Crippen molar-refractivity contribution in [3.63, 3.8) is 0 Å². The Balaban J connectivity index is 1.63. The van der Waals surface area contributed by atoms with Crippen molar-refractivity contribution in [1.82, 2.24) is 9.80 Å². The van der Waals surface area contributed by atoms with Crippen molar-refractivity contribution in [1.29, 1.82) is 0 Å². The maximum absolute atomic E-state index is 12.3. The average molecular weight is 444 g/mol. The number of carbonyl (C=O) groups is 1. The van der Waals surface area contributed by atoms with E-state index in [4.69, 9.17) is 16.3 Å². The molecule has 144 valence electrons. The van der Waals surface area contributed by atoms with Crippen molar-refractivity contribution >= 4 is 33.6 Å². The second kappa shape index (κ2) is 7.69. The van der Waals surface area contributed by atoms with Crippen molar-refractivity contribution in [2.24, 2.45) is 0 Å². The van der Waals surface area contributed by atoms with E-state index in [0.717, 1.165) is 48.5 Å². The van der Waals surface area contributed by atoms with Gasteiger partial charge < -0.3 is 9.64 Å². The van der Waals surface area contributed by atoms with E-state index < -0.39 is 5.60 Å². The highest BCUT2D eigenvalue weighted by atomic mass is 79.9. The largest absolute Gasteiger partial charge is 0.444 e. The molecule has 1 spiro atoms. The smallest absolute Gasteiger partial charge is 0.410 e.